The van der Waals surface area contributed by atoms with E-state index in [1.807, 2.05) is 6.08 Å². The molecule has 9 atom stereocenters. The van der Waals surface area contributed by atoms with E-state index in [1.165, 1.54) is 31.3 Å². The Bertz CT molecular complexity index is 716. The Kier molecular flexibility index (Phi) is 3.58. The number of carbonyl (C=O) groups excluding carboxylic acids is 1. The maximum Gasteiger partial charge on any atom is 0.155 e. The third-order valence-electron chi connectivity index (χ3n) is 9.94. The van der Waals surface area contributed by atoms with E-state index < -0.39 is 0 Å². The molecule has 5 aliphatic rings. The zero-order chi connectivity index (χ0) is 18.3. The Hall–Kier alpha value is -1.10. The summed E-state index contributed by atoms with van der Waals surface area (Å²) in [6.45, 7) is 7.11. The lowest BCUT2D eigenvalue weighted by Crippen LogP contribution is -2.54. The molecular formula is C24H33NO. The summed E-state index contributed by atoms with van der Waals surface area (Å²) in [4.78, 5) is 12.0. The number of allylic oxidation sites excluding steroid dienone is 1. The van der Waals surface area contributed by atoms with Crippen molar-refractivity contribution in [2.75, 3.05) is 0 Å². The average Bonchev–Trinajstić information content (AvgIpc) is 3.39. The summed E-state index contributed by atoms with van der Waals surface area (Å²) in [5, 5.41) is 10.3. The quantitative estimate of drug-likeness (QED) is 0.655. The van der Waals surface area contributed by atoms with Crippen LogP contribution < -0.4 is 0 Å². The molecule has 26 heavy (non-hydrogen) atoms. The van der Waals surface area contributed by atoms with Gasteiger partial charge in [0.05, 0.1) is 11.5 Å². The Labute approximate surface area is 158 Å². The van der Waals surface area contributed by atoms with Gasteiger partial charge in [0, 0.05) is 6.42 Å². The zero-order valence-corrected chi connectivity index (χ0v) is 16.6. The zero-order valence-electron chi connectivity index (χ0n) is 16.6. The van der Waals surface area contributed by atoms with Crippen LogP contribution in [-0.2, 0) is 4.79 Å². The summed E-state index contributed by atoms with van der Waals surface area (Å²) in [7, 11) is 0. The van der Waals surface area contributed by atoms with E-state index >= 15 is 0 Å². The highest BCUT2D eigenvalue weighted by Crippen LogP contribution is 2.81. The lowest BCUT2D eigenvalue weighted by molar-refractivity contribution is -0.117. The fraction of sp³-hybridized carbons (Fsp3) is 0.833. The standard InChI is InChI=1S/C24H33NO/c1-4-23-9-8-18-17-7-6-16(26)11-15(17)10-14(3)21(18)22(23)19-12-20(19)24(23,5-2)13-25/h11,14,17-22H,4-10,12H2,1-3H3/t14-,17-,18+,19+,20-,21+,22-,23-,24?/m0/s1. The van der Waals surface area contributed by atoms with Gasteiger partial charge < -0.3 is 0 Å². The molecule has 140 valence electrons. The first-order valence-corrected chi connectivity index (χ1v) is 11.2. The van der Waals surface area contributed by atoms with E-state index in [9.17, 15) is 10.1 Å². The van der Waals surface area contributed by atoms with Gasteiger partial charge in [-0.3, -0.25) is 4.79 Å². The molecule has 0 radical (unpaired) electrons. The molecule has 2 nitrogen and oxygen atoms in total. The molecule has 0 amide bonds. The van der Waals surface area contributed by atoms with Gasteiger partial charge in [-0.25, -0.2) is 0 Å². The first-order valence-electron chi connectivity index (χ1n) is 11.2. The molecule has 0 spiro atoms. The Morgan fingerprint density at radius 2 is 2.04 bits per heavy atom. The maximum absolute atomic E-state index is 12.0. The van der Waals surface area contributed by atoms with Crippen molar-refractivity contribution in [1.82, 2.24) is 0 Å². The molecule has 0 saturated heterocycles. The van der Waals surface area contributed by atoms with Crippen LogP contribution in [0.2, 0.25) is 0 Å². The monoisotopic (exact) mass is 351 g/mol. The number of carbonyl (C=O) groups is 1. The second-order valence-electron chi connectivity index (χ2n) is 10.3. The van der Waals surface area contributed by atoms with Gasteiger partial charge in [0.25, 0.3) is 0 Å². The molecule has 0 bridgehead atoms. The van der Waals surface area contributed by atoms with Gasteiger partial charge in [0.2, 0.25) is 0 Å². The number of nitriles is 1. The third-order valence-corrected chi connectivity index (χ3v) is 9.94. The molecule has 0 aromatic rings. The van der Waals surface area contributed by atoms with Crippen LogP contribution in [0, 0.1) is 63.6 Å². The molecule has 0 N–H and O–H groups in total. The second-order valence-corrected chi connectivity index (χ2v) is 10.3. The van der Waals surface area contributed by atoms with Crippen LogP contribution in [0.5, 0.6) is 0 Å². The molecule has 0 heterocycles. The summed E-state index contributed by atoms with van der Waals surface area (Å²) in [6.07, 6.45) is 11.1. The Morgan fingerprint density at radius 3 is 2.73 bits per heavy atom. The van der Waals surface area contributed by atoms with Gasteiger partial charge in [0.1, 0.15) is 0 Å². The fourth-order valence-electron chi connectivity index (χ4n) is 9.12. The summed E-state index contributed by atoms with van der Waals surface area (Å²) in [5.74, 6) is 5.53. The van der Waals surface area contributed by atoms with Crippen molar-refractivity contribution in [3.63, 3.8) is 0 Å². The van der Waals surface area contributed by atoms with Crippen LogP contribution in [0.15, 0.2) is 11.6 Å². The molecule has 4 saturated carbocycles. The molecule has 0 aromatic heterocycles. The number of hydrogen-bond acceptors (Lipinski definition) is 2. The lowest BCUT2D eigenvalue weighted by atomic mass is 9.44. The summed E-state index contributed by atoms with van der Waals surface area (Å²) in [5.41, 5.74) is 1.69. The highest BCUT2D eigenvalue weighted by molar-refractivity contribution is 5.91. The second kappa shape index (κ2) is 5.46. The number of ketones is 1. The Morgan fingerprint density at radius 1 is 1.23 bits per heavy atom. The van der Waals surface area contributed by atoms with Gasteiger partial charge in [-0.15, -0.1) is 0 Å². The predicted octanol–water partition coefficient (Wildman–Crippen LogP) is 5.54. The van der Waals surface area contributed by atoms with Crippen molar-refractivity contribution in [1.29, 1.82) is 5.26 Å². The van der Waals surface area contributed by atoms with Gasteiger partial charge in [-0.05, 0) is 97.9 Å². The van der Waals surface area contributed by atoms with Crippen molar-refractivity contribution in [3.8, 4) is 6.07 Å². The lowest BCUT2D eigenvalue weighted by Gasteiger charge is -2.60. The largest absolute Gasteiger partial charge is 0.295 e. The first kappa shape index (κ1) is 17.0. The van der Waals surface area contributed by atoms with Crippen LogP contribution in [0.1, 0.15) is 72.1 Å². The number of rotatable bonds is 2. The molecule has 2 heteroatoms. The molecular weight excluding hydrogens is 318 g/mol. The van der Waals surface area contributed by atoms with Crippen molar-refractivity contribution < 1.29 is 4.79 Å². The molecule has 0 aliphatic heterocycles. The van der Waals surface area contributed by atoms with Gasteiger partial charge in [-0.2, -0.15) is 5.26 Å². The average molecular weight is 352 g/mol. The Balaban J connectivity index is 1.58. The van der Waals surface area contributed by atoms with Crippen molar-refractivity contribution in [3.05, 3.63) is 11.6 Å². The molecule has 0 aromatic carbocycles. The minimum atomic E-state index is -0.0551. The third kappa shape index (κ3) is 1.81. The van der Waals surface area contributed by atoms with Crippen LogP contribution in [0.25, 0.3) is 0 Å². The van der Waals surface area contributed by atoms with Gasteiger partial charge in [-0.1, -0.05) is 26.3 Å². The van der Waals surface area contributed by atoms with E-state index in [2.05, 4.69) is 26.8 Å². The van der Waals surface area contributed by atoms with E-state index in [0.717, 1.165) is 49.4 Å². The van der Waals surface area contributed by atoms with Crippen molar-refractivity contribution in [2.45, 2.75) is 72.1 Å². The van der Waals surface area contributed by atoms with E-state index in [1.54, 1.807) is 0 Å². The topological polar surface area (TPSA) is 40.9 Å². The van der Waals surface area contributed by atoms with Gasteiger partial charge in [0.15, 0.2) is 5.78 Å². The molecule has 5 rings (SSSR count). The van der Waals surface area contributed by atoms with E-state index in [-0.39, 0.29) is 10.8 Å². The van der Waals surface area contributed by atoms with Crippen molar-refractivity contribution >= 4 is 5.78 Å². The minimum Gasteiger partial charge on any atom is -0.295 e. The van der Waals surface area contributed by atoms with Crippen molar-refractivity contribution in [2.24, 2.45) is 52.3 Å². The van der Waals surface area contributed by atoms with Crippen LogP contribution >= 0.6 is 0 Å². The summed E-state index contributed by atoms with van der Waals surface area (Å²) in [6, 6.07) is 2.93. The molecule has 5 aliphatic carbocycles. The maximum atomic E-state index is 12.0. The SMILES string of the molecule is CCC1(C#N)[C@H]2C[C@H]2[C@H]2[C@H]3[C@H](CC[C@@]21CC)[C@H]1CCC(=O)C=C1C[C@@H]3C. The fourth-order valence-corrected chi connectivity index (χ4v) is 9.12. The minimum absolute atomic E-state index is 0.0551. The molecule has 1 unspecified atom stereocenters. The number of hydrogen-bond donors (Lipinski definition) is 0. The smallest absolute Gasteiger partial charge is 0.155 e. The van der Waals surface area contributed by atoms with Crippen LogP contribution in [0.4, 0.5) is 0 Å². The molecule has 4 fully saturated rings. The van der Waals surface area contributed by atoms with Gasteiger partial charge >= 0.3 is 0 Å². The number of nitrogens with zero attached hydrogens (tertiary/aromatic N) is 1. The number of fused-ring (bicyclic) bond motifs is 7. The van der Waals surface area contributed by atoms with E-state index in [0.29, 0.717) is 23.5 Å². The van der Waals surface area contributed by atoms with Crippen LogP contribution in [0.3, 0.4) is 0 Å². The summed E-state index contributed by atoms with van der Waals surface area (Å²) < 4.78 is 0. The van der Waals surface area contributed by atoms with Crippen LogP contribution in [-0.4, -0.2) is 5.78 Å². The highest BCUT2D eigenvalue weighted by Gasteiger charge is 2.76. The summed E-state index contributed by atoms with van der Waals surface area (Å²) >= 11 is 0. The first-order chi connectivity index (χ1) is 12.5. The predicted molar refractivity (Wildman–Crippen MR) is 102 cm³/mol. The highest BCUT2D eigenvalue weighted by atomic mass is 16.1. The normalized spacial score (nSPS) is 54.3. The van der Waals surface area contributed by atoms with E-state index in [4.69, 9.17) is 0 Å².